The zero-order valence-electron chi connectivity index (χ0n) is 9.33. The van der Waals surface area contributed by atoms with Crippen molar-refractivity contribution in [1.82, 2.24) is 0 Å². The molecule has 84 valence electrons. The van der Waals surface area contributed by atoms with Gasteiger partial charge in [0.2, 0.25) is 0 Å². The monoisotopic (exact) mass is 208 g/mol. The summed E-state index contributed by atoms with van der Waals surface area (Å²) in [5.74, 6) is 0. The molecule has 0 unspecified atom stereocenters. The Balaban J connectivity index is 2.31. The number of benzene rings is 1. The molecule has 0 spiro atoms. The first kappa shape index (κ1) is 11.9. The quantitative estimate of drug-likeness (QED) is 0.556. The van der Waals surface area contributed by atoms with Crippen LogP contribution >= 0.6 is 0 Å². The van der Waals surface area contributed by atoms with Gasteiger partial charge in [0.15, 0.2) is 0 Å². The fourth-order valence-corrected chi connectivity index (χ4v) is 1.43. The van der Waals surface area contributed by atoms with Gasteiger partial charge in [-0.1, -0.05) is 13.3 Å². The topological polar surface area (TPSA) is 61.3 Å². The van der Waals surface area contributed by atoms with Crippen LogP contribution in [-0.4, -0.2) is 13.2 Å². The molecule has 3 nitrogen and oxygen atoms in total. The molecular formula is C12H20N2O. The van der Waals surface area contributed by atoms with Crippen LogP contribution in [0.15, 0.2) is 18.2 Å². The number of ether oxygens (including phenoxy) is 1. The van der Waals surface area contributed by atoms with Gasteiger partial charge < -0.3 is 16.2 Å². The van der Waals surface area contributed by atoms with Gasteiger partial charge >= 0.3 is 0 Å². The van der Waals surface area contributed by atoms with Gasteiger partial charge in [0.25, 0.3) is 0 Å². The van der Waals surface area contributed by atoms with Crippen LogP contribution in [0.5, 0.6) is 0 Å². The molecule has 0 saturated carbocycles. The van der Waals surface area contributed by atoms with Crippen molar-refractivity contribution < 1.29 is 4.74 Å². The van der Waals surface area contributed by atoms with Crippen LogP contribution < -0.4 is 11.5 Å². The van der Waals surface area contributed by atoms with E-state index in [2.05, 4.69) is 6.92 Å². The first-order valence-corrected chi connectivity index (χ1v) is 5.45. The van der Waals surface area contributed by atoms with E-state index in [1.54, 1.807) is 6.07 Å². The molecule has 0 bridgehead atoms. The van der Waals surface area contributed by atoms with Gasteiger partial charge in [-0.15, -0.1) is 0 Å². The number of hydrogen-bond donors (Lipinski definition) is 2. The summed E-state index contributed by atoms with van der Waals surface area (Å²) < 4.78 is 5.48. The van der Waals surface area contributed by atoms with E-state index < -0.39 is 0 Å². The van der Waals surface area contributed by atoms with Crippen molar-refractivity contribution in [1.29, 1.82) is 0 Å². The lowest BCUT2D eigenvalue weighted by atomic mass is 10.1. The minimum Gasteiger partial charge on any atom is -0.399 e. The lowest BCUT2D eigenvalue weighted by Crippen LogP contribution is -2.01. The SMILES string of the molecule is CCCCOCCc1cc(N)cc(N)c1. The van der Waals surface area contributed by atoms with Crippen molar-refractivity contribution in [3.63, 3.8) is 0 Å². The van der Waals surface area contributed by atoms with E-state index >= 15 is 0 Å². The van der Waals surface area contributed by atoms with E-state index in [0.717, 1.165) is 43.0 Å². The highest BCUT2D eigenvalue weighted by Gasteiger charge is 1.97. The highest BCUT2D eigenvalue weighted by atomic mass is 16.5. The number of unbranched alkanes of at least 4 members (excludes halogenated alkanes) is 1. The summed E-state index contributed by atoms with van der Waals surface area (Å²) >= 11 is 0. The zero-order valence-corrected chi connectivity index (χ0v) is 9.33. The van der Waals surface area contributed by atoms with Crippen molar-refractivity contribution in [3.05, 3.63) is 23.8 Å². The zero-order chi connectivity index (χ0) is 11.1. The normalized spacial score (nSPS) is 10.5. The average molecular weight is 208 g/mol. The molecule has 0 heterocycles. The highest BCUT2D eigenvalue weighted by Crippen LogP contribution is 2.14. The first-order chi connectivity index (χ1) is 7.22. The summed E-state index contributed by atoms with van der Waals surface area (Å²) in [5.41, 5.74) is 14.0. The molecule has 1 aromatic carbocycles. The third-order valence-electron chi connectivity index (χ3n) is 2.21. The molecule has 1 rings (SSSR count). The molecule has 0 aliphatic carbocycles. The number of anilines is 2. The van der Waals surface area contributed by atoms with Crippen molar-refractivity contribution in [2.24, 2.45) is 0 Å². The minimum absolute atomic E-state index is 0.721. The Morgan fingerprint density at radius 2 is 1.73 bits per heavy atom. The Bertz CT molecular complexity index is 279. The second-order valence-corrected chi connectivity index (χ2v) is 3.72. The van der Waals surface area contributed by atoms with Gasteiger partial charge in [-0.05, 0) is 36.6 Å². The first-order valence-electron chi connectivity index (χ1n) is 5.45. The van der Waals surface area contributed by atoms with Crippen LogP contribution in [0.3, 0.4) is 0 Å². The molecular weight excluding hydrogens is 188 g/mol. The third kappa shape index (κ3) is 4.70. The second kappa shape index (κ2) is 6.30. The van der Waals surface area contributed by atoms with Gasteiger partial charge in [0.05, 0.1) is 6.61 Å². The van der Waals surface area contributed by atoms with Crippen molar-refractivity contribution >= 4 is 11.4 Å². The largest absolute Gasteiger partial charge is 0.399 e. The Hall–Kier alpha value is -1.22. The Morgan fingerprint density at radius 3 is 2.33 bits per heavy atom. The van der Waals surface area contributed by atoms with Gasteiger partial charge in [-0.2, -0.15) is 0 Å². The van der Waals surface area contributed by atoms with Crippen LogP contribution in [0.2, 0.25) is 0 Å². The summed E-state index contributed by atoms with van der Waals surface area (Å²) in [5, 5.41) is 0. The number of rotatable bonds is 6. The fourth-order valence-electron chi connectivity index (χ4n) is 1.43. The maximum atomic E-state index is 5.69. The van der Waals surface area contributed by atoms with E-state index in [9.17, 15) is 0 Å². The molecule has 0 radical (unpaired) electrons. The average Bonchev–Trinajstić information content (AvgIpc) is 2.16. The van der Waals surface area contributed by atoms with Gasteiger partial charge in [-0.25, -0.2) is 0 Å². The Kier molecular flexibility index (Phi) is 4.98. The molecule has 0 saturated heterocycles. The molecule has 4 N–H and O–H groups in total. The lowest BCUT2D eigenvalue weighted by molar-refractivity contribution is 0.134. The summed E-state index contributed by atoms with van der Waals surface area (Å²) in [6, 6.07) is 5.65. The van der Waals surface area contributed by atoms with Crippen LogP contribution in [0.4, 0.5) is 11.4 Å². The van der Waals surface area contributed by atoms with E-state index in [0.29, 0.717) is 0 Å². The third-order valence-corrected chi connectivity index (χ3v) is 2.21. The molecule has 0 aliphatic rings. The van der Waals surface area contributed by atoms with Crippen LogP contribution in [0.25, 0.3) is 0 Å². The van der Waals surface area contributed by atoms with Crippen molar-refractivity contribution in [3.8, 4) is 0 Å². The molecule has 0 aromatic heterocycles. The van der Waals surface area contributed by atoms with Crippen molar-refractivity contribution in [2.45, 2.75) is 26.2 Å². The Morgan fingerprint density at radius 1 is 1.07 bits per heavy atom. The number of hydrogen-bond acceptors (Lipinski definition) is 3. The fraction of sp³-hybridized carbons (Fsp3) is 0.500. The maximum absolute atomic E-state index is 5.69. The van der Waals surface area contributed by atoms with Crippen LogP contribution in [0, 0.1) is 0 Å². The molecule has 0 atom stereocenters. The van der Waals surface area contributed by atoms with Gasteiger partial charge in [0.1, 0.15) is 0 Å². The smallest absolute Gasteiger partial charge is 0.0506 e. The molecule has 0 aliphatic heterocycles. The molecule has 1 aromatic rings. The van der Waals surface area contributed by atoms with Crippen molar-refractivity contribution in [2.75, 3.05) is 24.7 Å². The number of nitrogens with two attached hydrogens (primary N) is 2. The van der Waals surface area contributed by atoms with E-state index in [1.165, 1.54) is 6.42 Å². The van der Waals surface area contributed by atoms with E-state index in [-0.39, 0.29) is 0 Å². The molecule has 3 heteroatoms. The lowest BCUT2D eigenvalue weighted by Gasteiger charge is -2.05. The minimum atomic E-state index is 0.721. The second-order valence-electron chi connectivity index (χ2n) is 3.72. The van der Waals surface area contributed by atoms with Gasteiger partial charge in [0, 0.05) is 18.0 Å². The predicted octanol–water partition coefficient (Wildman–Crippen LogP) is 2.21. The summed E-state index contributed by atoms with van der Waals surface area (Å²) in [4.78, 5) is 0. The predicted molar refractivity (Wildman–Crippen MR) is 64.7 cm³/mol. The maximum Gasteiger partial charge on any atom is 0.0506 e. The standard InChI is InChI=1S/C12H20N2O/c1-2-3-5-15-6-4-10-7-11(13)9-12(14)8-10/h7-9H,2-6,13-14H2,1H3. The summed E-state index contributed by atoms with van der Waals surface area (Å²) in [7, 11) is 0. The van der Waals surface area contributed by atoms with Gasteiger partial charge in [-0.3, -0.25) is 0 Å². The molecule has 15 heavy (non-hydrogen) atoms. The molecule has 0 amide bonds. The summed E-state index contributed by atoms with van der Waals surface area (Å²) in [6.07, 6.45) is 3.17. The number of nitrogen functional groups attached to an aromatic ring is 2. The Labute approximate surface area is 91.4 Å². The van der Waals surface area contributed by atoms with E-state index in [4.69, 9.17) is 16.2 Å². The van der Waals surface area contributed by atoms with Crippen LogP contribution in [0.1, 0.15) is 25.3 Å². The highest BCUT2D eigenvalue weighted by molar-refractivity contribution is 5.54. The summed E-state index contributed by atoms with van der Waals surface area (Å²) in [6.45, 7) is 3.74. The van der Waals surface area contributed by atoms with E-state index in [1.807, 2.05) is 12.1 Å². The van der Waals surface area contributed by atoms with Crippen LogP contribution in [-0.2, 0) is 11.2 Å². The molecule has 0 fully saturated rings.